The van der Waals surface area contributed by atoms with Gasteiger partial charge in [0.15, 0.2) is 12.1 Å². The molecule has 3 aromatic rings. The molecule has 0 unspecified atom stereocenters. The van der Waals surface area contributed by atoms with E-state index in [9.17, 15) is 4.79 Å². The molecule has 3 rings (SSSR count). The average molecular weight is 255 g/mol. The standard InChI is InChI=1S/C14H13N3O2/c1-2-13-15-14(19-16-13)8-17-7-10(9-18)11-5-3-4-6-12(11)17/h3-7,9H,2,8H2,1H3. The first-order valence-electron chi connectivity index (χ1n) is 6.16. The molecule has 0 bridgehead atoms. The molecule has 1 aromatic carbocycles. The van der Waals surface area contributed by atoms with E-state index in [0.717, 1.165) is 23.6 Å². The van der Waals surface area contributed by atoms with Crippen molar-refractivity contribution >= 4 is 17.2 Å². The molecule has 0 radical (unpaired) electrons. The van der Waals surface area contributed by atoms with Crippen molar-refractivity contribution in [3.63, 3.8) is 0 Å². The summed E-state index contributed by atoms with van der Waals surface area (Å²) in [7, 11) is 0. The molecular formula is C14H13N3O2. The van der Waals surface area contributed by atoms with Gasteiger partial charge in [-0.2, -0.15) is 4.98 Å². The average Bonchev–Trinajstić information content (AvgIpc) is 3.04. The summed E-state index contributed by atoms with van der Waals surface area (Å²) in [6, 6.07) is 7.76. The van der Waals surface area contributed by atoms with Crippen LogP contribution in [0.25, 0.3) is 10.9 Å². The van der Waals surface area contributed by atoms with Crippen LogP contribution in [-0.2, 0) is 13.0 Å². The van der Waals surface area contributed by atoms with Gasteiger partial charge in [0.05, 0.1) is 0 Å². The number of aryl methyl sites for hydroxylation is 1. The second-order valence-electron chi connectivity index (χ2n) is 4.31. The van der Waals surface area contributed by atoms with Crippen LogP contribution in [0.5, 0.6) is 0 Å². The molecule has 0 saturated carbocycles. The zero-order valence-electron chi connectivity index (χ0n) is 10.5. The number of para-hydroxylation sites is 1. The van der Waals surface area contributed by atoms with E-state index in [2.05, 4.69) is 10.1 Å². The minimum atomic E-state index is 0.474. The summed E-state index contributed by atoms with van der Waals surface area (Å²) in [4.78, 5) is 15.4. The summed E-state index contributed by atoms with van der Waals surface area (Å²) in [5, 5.41) is 4.81. The molecule has 0 atom stereocenters. The summed E-state index contributed by atoms with van der Waals surface area (Å²) in [5.74, 6) is 1.25. The molecule has 0 aliphatic carbocycles. The van der Waals surface area contributed by atoms with Crippen LogP contribution in [0.3, 0.4) is 0 Å². The van der Waals surface area contributed by atoms with E-state index in [-0.39, 0.29) is 0 Å². The first kappa shape index (κ1) is 11.6. The van der Waals surface area contributed by atoms with Crippen LogP contribution in [-0.4, -0.2) is 21.0 Å². The largest absolute Gasteiger partial charge is 0.337 e. The third-order valence-corrected chi connectivity index (χ3v) is 3.08. The number of aromatic nitrogens is 3. The van der Waals surface area contributed by atoms with E-state index in [0.29, 0.717) is 23.8 Å². The fourth-order valence-electron chi connectivity index (χ4n) is 2.14. The van der Waals surface area contributed by atoms with Gasteiger partial charge < -0.3 is 9.09 Å². The van der Waals surface area contributed by atoms with Crippen LogP contribution in [0, 0.1) is 0 Å². The van der Waals surface area contributed by atoms with E-state index < -0.39 is 0 Å². The maximum absolute atomic E-state index is 11.1. The summed E-state index contributed by atoms with van der Waals surface area (Å²) in [6.45, 7) is 2.45. The molecule has 0 aliphatic heterocycles. The first-order valence-corrected chi connectivity index (χ1v) is 6.16. The number of hydrogen-bond acceptors (Lipinski definition) is 4. The second-order valence-corrected chi connectivity index (χ2v) is 4.31. The van der Waals surface area contributed by atoms with Gasteiger partial charge in [0.1, 0.15) is 6.54 Å². The molecule has 0 aliphatic rings. The molecule has 19 heavy (non-hydrogen) atoms. The number of hydrogen-bond donors (Lipinski definition) is 0. The molecule has 2 heterocycles. The number of carbonyl (C=O) groups is 1. The van der Waals surface area contributed by atoms with Gasteiger partial charge in [-0.1, -0.05) is 30.3 Å². The van der Waals surface area contributed by atoms with Crippen molar-refractivity contribution in [2.75, 3.05) is 0 Å². The molecule has 0 N–H and O–H groups in total. The lowest BCUT2D eigenvalue weighted by molar-refractivity contribution is 0.112. The lowest BCUT2D eigenvalue weighted by Crippen LogP contribution is -1.98. The summed E-state index contributed by atoms with van der Waals surface area (Å²) < 4.78 is 7.13. The van der Waals surface area contributed by atoms with Crippen molar-refractivity contribution in [2.24, 2.45) is 0 Å². The van der Waals surface area contributed by atoms with Gasteiger partial charge >= 0.3 is 0 Å². The minimum Gasteiger partial charge on any atom is -0.337 e. The number of rotatable bonds is 4. The molecule has 5 heteroatoms. The highest BCUT2D eigenvalue weighted by atomic mass is 16.5. The fourth-order valence-corrected chi connectivity index (χ4v) is 2.14. The third-order valence-electron chi connectivity index (χ3n) is 3.08. The zero-order valence-corrected chi connectivity index (χ0v) is 10.5. The molecule has 0 spiro atoms. The van der Waals surface area contributed by atoms with Crippen molar-refractivity contribution in [2.45, 2.75) is 19.9 Å². The highest BCUT2D eigenvalue weighted by Crippen LogP contribution is 2.20. The summed E-state index contributed by atoms with van der Waals surface area (Å²) in [5.41, 5.74) is 1.66. The van der Waals surface area contributed by atoms with Crippen LogP contribution in [0.2, 0.25) is 0 Å². The van der Waals surface area contributed by atoms with Crippen LogP contribution in [0.4, 0.5) is 0 Å². The fraction of sp³-hybridized carbons (Fsp3) is 0.214. The summed E-state index contributed by atoms with van der Waals surface area (Å²) in [6.07, 6.45) is 3.42. The van der Waals surface area contributed by atoms with Gasteiger partial charge in [0, 0.05) is 29.1 Å². The van der Waals surface area contributed by atoms with E-state index in [1.54, 1.807) is 0 Å². The van der Waals surface area contributed by atoms with E-state index in [4.69, 9.17) is 4.52 Å². The Morgan fingerprint density at radius 3 is 2.95 bits per heavy atom. The predicted molar refractivity (Wildman–Crippen MR) is 70.1 cm³/mol. The zero-order chi connectivity index (χ0) is 13.2. The van der Waals surface area contributed by atoms with Crippen LogP contribution >= 0.6 is 0 Å². The Morgan fingerprint density at radius 2 is 2.21 bits per heavy atom. The Balaban J connectivity index is 2.02. The molecule has 96 valence electrons. The quantitative estimate of drug-likeness (QED) is 0.672. The molecule has 5 nitrogen and oxygen atoms in total. The van der Waals surface area contributed by atoms with Crippen molar-refractivity contribution in [3.8, 4) is 0 Å². The van der Waals surface area contributed by atoms with Crippen molar-refractivity contribution in [1.82, 2.24) is 14.7 Å². The van der Waals surface area contributed by atoms with Gasteiger partial charge in [-0.25, -0.2) is 0 Å². The summed E-state index contributed by atoms with van der Waals surface area (Å²) >= 11 is 0. The number of carbonyl (C=O) groups excluding carboxylic acids is 1. The van der Waals surface area contributed by atoms with Crippen molar-refractivity contribution < 1.29 is 9.32 Å². The topological polar surface area (TPSA) is 60.9 Å². The monoisotopic (exact) mass is 255 g/mol. The number of fused-ring (bicyclic) bond motifs is 1. The SMILES string of the molecule is CCc1noc(Cn2cc(C=O)c3ccccc32)n1. The molecule has 0 fully saturated rings. The number of nitrogens with zero attached hydrogens (tertiary/aromatic N) is 3. The lowest BCUT2D eigenvalue weighted by Gasteiger charge is -2.00. The molecule has 2 aromatic heterocycles. The Hall–Kier alpha value is -2.43. The first-order chi connectivity index (χ1) is 9.31. The van der Waals surface area contributed by atoms with Gasteiger partial charge in [-0.05, 0) is 6.07 Å². The number of benzene rings is 1. The lowest BCUT2D eigenvalue weighted by atomic mass is 10.2. The Kier molecular flexibility index (Phi) is 2.87. The van der Waals surface area contributed by atoms with Crippen LogP contribution in [0.15, 0.2) is 35.0 Å². The second kappa shape index (κ2) is 4.68. The Morgan fingerprint density at radius 1 is 1.37 bits per heavy atom. The molecule has 0 amide bonds. The molecular weight excluding hydrogens is 242 g/mol. The smallest absolute Gasteiger partial charge is 0.246 e. The van der Waals surface area contributed by atoms with Crippen LogP contribution in [0.1, 0.15) is 29.0 Å². The maximum atomic E-state index is 11.1. The van der Waals surface area contributed by atoms with Gasteiger partial charge in [-0.3, -0.25) is 4.79 Å². The predicted octanol–water partition coefficient (Wildman–Crippen LogP) is 2.45. The van der Waals surface area contributed by atoms with Gasteiger partial charge in [-0.15, -0.1) is 0 Å². The Bertz CT molecular complexity index is 727. The van der Waals surface area contributed by atoms with E-state index in [1.807, 2.05) is 42.0 Å². The van der Waals surface area contributed by atoms with E-state index >= 15 is 0 Å². The normalized spacial score (nSPS) is 11.0. The third kappa shape index (κ3) is 2.03. The van der Waals surface area contributed by atoms with Gasteiger partial charge in [0.25, 0.3) is 0 Å². The highest BCUT2D eigenvalue weighted by Gasteiger charge is 2.10. The maximum Gasteiger partial charge on any atom is 0.246 e. The van der Waals surface area contributed by atoms with Crippen molar-refractivity contribution in [1.29, 1.82) is 0 Å². The number of aldehydes is 1. The van der Waals surface area contributed by atoms with E-state index in [1.165, 1.54) is 0 Å². The van der Waals surface area contributed by atoms with Crippen molar-refractivity contribution in [3.05, 3.63) is 47.7 Å². The minimum absolute atomic E-state index is 0.474. The highest BCUT2D eigenvalue weighted by molar-refractivity contribution is 5.97. The van der Waals surface area contributed by atoms with Gasteiger partial charge in [0.2, 0.25) is 5.89 Å². The van der Waals surface area contributed by atoms with Crippen LogP contribution < -0.4 is 0 Å². The Labute approximate surface area is 109 Å². The molecule has 0 saturated heterocycles.